The summed E-state index contributed by atoms with van der Waals surface area (Å²) < 4.78 is 42.9. The third-order valence-corrected chi connectivity index (χ3v) is 9.79. The standard InChI is InChI=1S/C25H38N4O7S/c1-17-13-21(34-5)14-18(2)23(17)37(32,33)16-22-26-29(4,24(35-22)36-25(30)31)20-8-6-7-19(15-20)28-11-9-27(3)10-12-28/h13-14,19-20,24H,6-12,15-16H2,1-5H3/p+1/t19-,20+,24?,29?/m1/s1. The van der Waals surface area contributed by atoms with E-state index in [0.29, 0.717) is 22.9 Å². The molecule has 1 aliphatic carbocycles. The van der Waals surface area contributed by atoms with Crippen LogP contribution >= 0.6 is 0 Å². The topological polar surface area (TPSA) is 118 Å². The minimum atomic E-state index is -3.83. The molecule has 206 valence electrons. The van der Waals surface area contributed by atoms with Crippen LogP contribution in [-0.2, 0) is 19.3 Å². The van der Waals surface area contributed by atoms with Gasteiger partial charge in [0.2, 0.25) is 0 Å². The number of aryl methyl sites for hydroxylation is 2. The van der Waals surface area contributed by atoms with Crippen LogP contribution in [0, 0.1) is 13.8 Å². The van der Waals surface area contributed by atoms with E-state index in [1.54, 1.807) is 33.0 Å². The van der Waals surface area contributed by atoms with E-state index >= 15 is 0 Å². The summed E-state index contributed by atoms with van der Waals surface area (Å²) in [5, 5.41) is 14.1. The molecule has 4 atom stereocenters. The molecule has 1 aromatic rings. The number of ether oxygens (including phenoxy) is 3. The highest BCUT2D eigenvalue weighted by Gasteiger charge is 2.53. The van der Waals surface area contributed by atoms with Gasteiger partial charge in [0.1, 0.15) is 24.6 Å². The highest BCUT2D eigenvalue weighted by molar-refractivity contribution is 7.92. The highest BCUT2D eigenvalue weighted by Crippen LogP contribution is 2.37. The van der Waals surface area contributed by atoms with Gasteiger partial charge in [0, 0.05) is 45.1 Å². The summed E-state index contributed by atoms with van der Waals surface area (Å²) >= 11 is 0. The van der Waals surface area contributed by atoms with Gasteiger partial charge in [-0.05, 0) is 62.1 Å². The van der Waals surface area contributed by atoms with Crippen molar-refractivity contribution in [2.45, 2.75) is 62.9 Å². The van der Waals surface area contributed by atoms with Gasteiger partial charge in [-0.3, -0.25) is 4.90 Å². The van der Waals surface area contributed by atoms with Gasteiger partial charge in [0.05, 0.1) is 12.0 Å². The summed E-state index contributed by atoms with van der Waals surface area (Å²) in [6, 6.07) is 3.65. The first-order chi connectivity index (χ1) is 17.4. The highest BCUT2D eigenvalue weighted by atomic mass is 32.2. The Hall–Kier alpha value is -2.41. The molecule has 1 aromatic carbocycles. The zero-order valence-electron chi connectivity index (χ0n) is 22.3. The molecule has 11 nitrogen and oxygen atoms in total. The van der Waals surface area contributed by atoms with Crippen molar-refractivity contribution < 1.29 is 37.1 Å². The van der Waals surface area contributed by atoms with Crippen molar-refractivity contribution >= 4 is 21.9 Å². The van der Waals surface area contributed by atoms with E-state index in [1.807, 2.05) is 0 Å². The summed E-state index contributed by atoms with van der Waals surface area (Å²) in [6.07, 6.45) is 0.946. The van der Waals surface area contributed by atoms with Crippen molar-refractivity contribution in [1.82, 2.24) is 9.80 Å². The predicted octanol–water partition coefficient (Wildman–Crippen LogP) is 2.41. The lowest BCUT2D eigenvalue weighted by atomic mass is 9.88. The number of likely N-dealkylation sites (N-methyl/N-ethyl adjacent to an activating group) is 1. The number of nitrogens with zero attached hydrogens (tertiary/aromatic N) is 4. The molecule has 2 unspecified atom stereocenters. The Morgan fingerprint density at radius 3 is 2.43 bits per heavy atom. The number of piperazine rings is 1. The van der Waals surface area contributed by atoms with Gasteiger partial charge in [-0.1, -0.05) is 0 Å². The van der Waals surface area contributed by atoms with E-state index in [9.17, 15) is 18.3 Å². The summed E-state index contributed by atoms with van der Waals surface area (Å²) in [5.41, 5.74) is 1.13. The molecule has 3 aliphatic rings. The third-order valence-electron chi connectivity index (χ3n) is 7.90. The number of carbonyl (C=O) groups is 1. The molecule has 0 radical (unpaired) electrons. The monoisotopic (exact) mass is 539 g/mol. The van der Waals surface area contributed by atoms with Crippen molar-refractivity contribution in [3.63, 3.8) is 0 Å². The smallest absolute Gasteiger partial charge is 0.497 e. The Morgan fingerprint density at radius 2 is 1.84 bits per heavy atom. The quantitative estimate of drug-likeness (QED) is 0.412. The molecule has 2 aliphatic heterocycles. The fourth-order valence-corrected chi connectivity index (χ4v) is 7.65. The second-order valence-corrected chi connectivity index (χ2v) is 12.5. The molecule has 1 saturated heterocycles. The van der Waals surface area contributed by atoms with E-state index in [1.165, 1.54) is 7.11 Å². The number of sulfone groups is 1. The molecule has 1 saturated carbocycles. The first kappa shape index (κ1) is 27.6. The summed E-state index contributed by atoms with van der Waals surface area (Å²) in [4.78, 5) is 16.5. The SMILES string of the molecule is COc1cc(C)c(S(=O)(=O)CC2=N[N+](C)([C@H]3CCC[C@@H](N4CCN(C)CC4)C3)C(OC(=O)O)O2)c(C)c1. The lowest BCUT2D eigenvalue weighted by Gasteiger charge is -2.44. The van der Waals surface area contributed by atoms with Crippen LogP contribution in [0.5, 0.6) is 5.75 Å². The average molecular weight is 540 g/mol. The largest absolute Gasteiger partial charge is 0.513 e. The average Bonchev–Trinajstić information content (AvgIpc) is 3.13. The second kappa shape index (κ2) is 10.8. The minimum absolute atomic E-state index is 0.0370. The summed E-state index contributed by atoms with van der Waals surface area (Å²) in [6.45, 7) is 7.47. The number of quaternary nitrogens is 1. The van der Waals surface area contributed by atoms with E-state index < -0.39 is 28.2 Å². The van der Waals surface area contributed by atoms with Crippen molar-refractivity contribution in [3.8, 4) is 5.75 Å². The Kier molecular flexibility index (Phi) is 8.03. The zero-order chi connectivity index (χ0) is 27.0. The lowest BCUT2D eigenvalue weighted by Crippen LogP contribution is -2.59. The Bertz CT molecular complexity index is 1130. The fourth-order valence-electron chi connectivity index (χ4n) is 5.95. The van der Waals surface area contributed by atoms with Gasteiger partial charge in [0.15, 0.2) is 9.84 Å². The molecular formula is C25H39N4O7S+. The lowest BCUT2D eigenvalue weighted by molar-refractivity contribution is -0.991. The van der Waals surface area contributed by atoms with Gasteiger partial charge in [0.25, 0.3) is 5.90 Å². The molecule has 2 fully saturated rings. The van der Waals surface area contributed by atoms with Crippen LogP contribution in [0.4, 0.5) is 4.79 Å². The van der Waals surface area contributed by atoms with E-state index in [4.69, 9.17) is 14.2 Å². The molecule has 37 heavy (non-hydrogen) atoms. The normalized spacial score (nSPS) is 29.4. The van der Waals surface area contributed by atoms with Gasteiger partial charge in [-0.25, -0.2) is 13.2 Å². The Morgan fingerprint density at radius 1 is 1.19 bits per heavy atom. The maximum absolute atomic E-state index is 13.5. The number of benzene rings is 1. The predicted molar refractivity (Wildman–Crippen MR) is 137 cm³/mol. The molecule has 1 N–H and O–H groups in total. The van der Waals surface area contributed by atoms with Crippen LogP contribution in [0.1, 0.15) is 36.8 Å². The molecular weight excluding hydrogens is 500 g/mol. The minimum Gasteiger partial charge on any atom is -0.497 e. The molecule has 0 spiro atoms. The van der Waals surface area contributed by atoms with Crippen LogP contribution in [0.3, 0.4) is 0 Å². The van der Waals surface area contributed by atoms with Gasteiger partial charge in [-0.2, -0.15) is 0 Å². The third kappa shape index (κ3) is 5.87. The Labute approximate surface area is 219 Å². The Balaban J connectivity index is 1.58. The molecule has 0 amide bonds. The van der Waals surface area contributed by atoms with E-state index in [2.05, 4.69) is 21.9 Å². The second-order valence-electron chi connectivity index (χ2n) is 10.6. The number of rotatable bonds is 7. The van der Waals surface area contributed by atoms with Crippen LogP contribution in [0.25, 0.3) is 0 Å². The molecule has 0 bridgehead atoms. The van der Waals surface area contributed by atoms with Gasteiger partial charge in [-0.15, -0.1) is 4.59 Å². The van der Waals surface area contributed by atoms with Crippen molar-refractivity contribution in [2.75, 3.05) is 53.1 Å². The summed E-state index contributed by atoms with van der Waals surface area (Å²) in [5.74, 6) is 0.0583. The number of methoxy groups -OCH3 is 1. The van der Waals surface area contributed by atoms with Crippen molar-refractivity contribution in [1.29, 1.82) is 0 Å². The molecule has 0 aromatic heterocycles. The maximum atomic E-state index is 13.5. The molecule has 4 rings (SSSR count). The zero-order valence-corrected chi connectivity index (χ0v) is 23.2. The number of carboxylic acid groups (broad SMARTS) is 1. The number of hydrogen-bond acceptors (Lipinski definition) is 9. The van der Waals surface area contributed by atoms with Crippen LogP contribution in [0.2, 0.25) is 0 Å². The van der Waals surface area contributed by atoms with Crippen LogP contribution in [0.15, 0.2) is 22.1 Å². The number of hydrogen-bond donors (Lipinski definition) is 1. The van der Waals surface area contributed by atoms with Gasteiger partial charge >= 0.3 is 12.6 Å². The van der Waals surface area contributed by atoms with E-state index in [0.717, 1.165) is 51.9 Å². The van der Waals surface area contributed by atoms with Crippen molar-refractivity contribution in [2.24, 2.45) is 5.10 Å². The first-order valence-electron chi connectivity index (χ1n) is 12.7. The van der Waals surface area contributed by atoms with E-state index in [-0.39, 0.29) is 21.4 Å². The van der Waals surface area contributed by atoms with Crippen molar-refractivity contribution in [3.05, 3.63) is 23.3 Å². The molecule has 2 heterocycles. The van der Waals surface area contributed by atoms with Crippen LogP contribution in [-0.4, -0.2) is 112 Å². The maximum Gasteiger partial charge on any atom is 0.513 e. The summed E-state index contributed by atoms with van der Waals surface area (Å²) in [7, 11) is 1.60. The fraction of sp³-hybridized carbons (Fsp3) is 0.680. The van der Waals surface area contributed by atoms with Crippen LogP contribution < -0.4 is 4.74 Å². The van der Waals surface area contributed by atoms with Gasteiger partial charge < -0.3 is 24.2 Å². The first-order valence-corrected chi connectivity index (χ1v) is 14.4. The molecule has 12 heteroatoms.